The SMILES string of the molecule is Cc1cc(C)c(C(C)Nc2cccc(C)c2Br)c(C)n1. The van der Waals surface area contributed by atoms with Crippen LogP contribution in [-0.4, -0.2) is 4.98 Å². The normalized spacial score (nSPS) is 12.3. The Balaban J connectivity index is 2.33. The molecule has 0 saturated carbocycles. The largest absolute Gasteiger partial charge is 0.378 e. The highest BCUT2D eigenvalue weighted by molar-refractivity contribution is 9.10. The van der Waals surface area contributed by atoms with Crippen LogP contribution < -0.4 is 5.32 Å². The Hall–Kier alpha value is -1.35. The fraction of sp³-hybridized carbons (Fsp3) is 0.353. The van der Waals surface area contributed by atoms with Crippen molar-refractivity contribution in [2.45, 2.75) is 40.7 Å². The minimum absolute atomic E-state index is 0.223. The first kappa shape index (κ1) is 15.0. The lowest BCUT2D eigenvalue weighted by molar-refractivity contribution is 0.842. The predicted octanol–water partition coefficient (Wildman–Crippen LogP) is 5.25. The van der Waals surface area contributed by atoms with E-state index in [0.29, 0.717) is 0 Å². The maximum Gasteiger partial charge on any atom is 0.0506 e. The van der Waals surface area contributed by atoms with Gasteiger partial charge in [-0.05, 0) is 79.4 Å². The van der Waals surface area contributed by atoms with E-state index in [4.69, 9.17) is 0 Å². The fourth-order valence-corrected chi connectivity index (χ4v) is 3.13. The second kappa shape index (κ2) is 5.96. The van der Waals surface area contributed by atoms with Gasteiger partial charge in [0, 0.05) is 21.5 Å². The van der Waals surface area contributed by atoms with Crippen molar-refractivity contribution in [3.8, 4) is 0 Å². The van der Waals surface area contributed by atoms with Crippen molar-refractivity contribution in [1.29, 1.82) is 0 Å². The lowest BCUT2D eigenvalue weighted by Gasteiger charge is -2.21. The van der Waals surface area contributed by atoms with E-state index in [1.54, 1.807) is 0 Å². The van der Waals surface area contributed by atoms with E-state index in [0.717, 1.165) is 21.5 Å². The molecular weight excluding hydrogens is 312 g/mol. The van der Waals surface area contributed by atoms with Crippen LogP contribution in [0.15, 0.2) is 28.7 Å². The van der Waals surface area contributed by atoms with E-state index in [1.807, 2.05) is 6.92 Å². The van der Waals surface area contributed by atoms with Crippen LogP contribution in [-0.2, 0) is 0 Å². The van der Waals surface area contributed by atoms with Crippen LogP contribution in [0.1, 0.15) is 41.0 Å². The van der Waals surface area contributed by atoms with Gasteiger partial charge in [-0.1, -0.05) is 12.1 Å². The van der Waals surface area contributed by atoms with Crippen molar-refractivity contribution in [1.82, 2.24) is 4.98 Å². The zero-order valence-corrected chi connectivity index (χ0v) is 14.3. The Morgan fingerprint density at radius 1 is 1.10 bits per heavy atom. The molecule has 1 heterocycles. The van der Waals surface area contributed by atoms with Gasteiger partial charge in [0.15, 0.2) is 0 Å². The maximum absolute atomic E-state index is 4.59. The van der Waals surface area contributed by atoms with Gasteiger partial charge in [-0.3, -0.25) is 4.98 Å². The molecule has 106 valence electrons. The number of rotatable bonds is 3. The molecule has 0 radical (unpaired) electrons. The molecule has 0 fully saturated rings. The number of aromatic nitrogens is 1. The zero-order chi connectivity index (χ0) is 14.9. The summed E-state index contributed by atoms with van der Waals surface area (Å²) in [6.07, 6.45) is 0. The minimum atomic E-state index is 0.223. The molecule has 2 nitrogen and oxygen atoms in total. The number of anilines is 1. The van der Waals surface area contributed by atoms with Crippen molar-refractivity contribution in [3.63, 3.8) is 0 Å². The molecule has 0 aliphatic carbocycles. The molecule has 3 heteroatoms. The molecule has 0 bridgehead atoms. The monoisotopic (exact) mass is 332 g/mol. The van der Waals surface area contributed by atoms with Crippen LogP contribution in [0.2, 0.25) is 0 Å². The Morgan fingerprint density at radius 3 is 2.45 bits per heavy atom. The molecule has 1 N–H and O–H groups in total. The fourth-order valence-electron chi connectivity index (χ4n) is 2.75. The van der Waals surface area contributed by atoms with Crippen LogP contribution in [0.4, 0.5) is 5.69 Å². The van der Waals surface area contributed by atoms with E-state index in [9.17, 15) is 0 Å². The first-order chi connectivity index (χ1) is 9.40. The molecule has 0 aliphatic heterocycles. The Kier molecular flexibility index (Phi) is 4.48. The van der Waals surface area contributed by atoms with Crippen molar-refractivity contribution >= 4 is 21.6 Å². The van der Waals surface area contributed by atoms with Gasteiger partial charge in [0.25, 0.3) is 0 Å². The molecule has 0 aliphatic rings. The van der Waals surface area contributed by atoms with Gasteiger partial charge in [0.05, 0.1) is 6.04 Å². The van der Waals surface area contributed by atoms with Gasteiger partial charge in [-0.2, -0.15) is 0 Å². The average molecular weight is 333 g/mol. The summed E-state index contributed by atoms with van der Waals surface area (Å²) in [4.78, 5) is 4.59. The second-order valence-corrected chi connectivity index (χ2v) is 6.18. The third-order valence-corrected chi connectivity index (χ3v) is 4.63. The second-order valence-electron chi connectivity index (χ2n) is 5.38. The third-order valence-electron chi connectivity index (χ3n) is 3.58. The molecule has 0 amide bonds. The molecular formula is C17H21BrN2. The highest BCUT2D eigenvalue weighted by atomic mass is 79.9. The summed E-state index contributed by atoms with van der Waals surface area (Å²) in [5.41, 5.74) is 7.11. The highest BCUT2D eigenvalue weighted by Crippen LogP contribution is 2.30. The Morgan fingerprint density at radius 2 is 1.80 bits per heavy atom. The number of hydrogen-bond donors (Lipinski definition) is 1. The average Bonchev–Trinajstić information content (AvgIpc) is 2.33. The quantitative estimate of drug-likeness (QED) is 0.830. The van der Waals surface area contributed by atoms with E-state index >= 15 is 0 Å². The van der Waals surface area contributed by atoms with E-state index in [-0.39, 0.29) is 6.04 Å². The molecule has 20 heavy (non-hydrogen) atoms. The number of benzene rings is 1. The Labute approximate surface area is 129 Å². The first-order valence-electron chi connectivity index (χ1n) is 6.86. The van der Waals surface area contributed by atoms with Crippen LogP contribution in [0.25, 0.3) is 0 Å². The minimum Gasteiger partial charge on any atom is -0.378 e. The lowest BCUT2D eigenvalue weighted by Crippen LogP contribution is -2.12. The molecule has 0 spiro atoms. The molecule has 2 rings (SSSR count). The van der Waals surface area contributed by atoms with Crippen LogP contribution in [0, 0.1) is 27.7 Å². The van der Waals surface area contributed by atoms with Gasteiger partial charge < -0.3 is 5.32 Å². The lowest BCUT2D eigenvalue weighted by atomic mass is 10.00. The molecule has 1 atom stereocenters. The van der Waals surface area contributed by atoms with Crippen LogP contribution in [0.3, 0.4) is 0 Å². The van der Waals surface area contributed by atoms with Gasteiger partial charge in [-0.25, -0.2) is 0 Å². The Bertz CT molecular complexity index is 612. The van der Waals surface area contributed by atoms with E-state index in [2.05, 4.69) is 78.2 Å². The van der Waals surface area contributed by atoms with Crippen molar-refractivity contribution in [2.75, 3.05) is 5.32 Å². The van der Waals surface area contributed by atoms with Crippen LogP contribution >= 0.6 is 15.9 Å². The van der Waals surface area contributed by atoms with E-state index < -0.39 is 0 Å². The summed E-state index contributed by atoms with van der Waals surface area (Å²) in [5, 5.41) is 3.58. The van der Waals surface area contributed by atoms with E-state index in [1.165, 1.54) is 16.7 Å². The molecule has 0 saturated heterocycles. The summed E-state index contributed by atoms with van der Waals surface area (Å²) in [7, 11) is 0. The smallest absolute Gasteiger partial charge is 0.0506 e. The van der Waals surface area contributed by atoms with Gasteiger partial charge in [0.2, 0.25) is 0 Å². The number of pyridine rings is 1. The standard InChI is InChI=1S/C17H21BrN2/c1-10-7-6-8-15(17(10)18)20-14(5)16-11(2)9-12(3)19-13(16)4/h6-9,14,20H,1-5H3. The summed E-state index contributed by atoms with van der Waals surface area (Å²) in [6, 6.07) is 8.64. The van der Waals surface area contributed by atoms with Gasteiger partial charge >= 0.3 is 0 Å². The highest BCUT2D eigenvalue weighted by Gasteiger charge is 2.14. The summed E-state index contributed by atoms with van der Waals surface area (Å²) in [5.74, 6) is 0. The first-order valence-corrected chi connectivity index (χ1v) is 7.66. The topological polar surface area (TPSA) is 24.9 Å². The van der Waals surface area contributed by atoms with Crippen LogP contribution in [0.5, 0.6) is 0 Å². The maximum atomic E-state index is 4.59. The van der Waals surface area contributed by atoms with Gasteiger partial charge in [-0.15, -0.1) is 0 Å². The molecule has 1 aromatic carbocycles. The molecule has 1 aromatic heterocycles. The summed E-state index contributed by atoms with van der Waals surface area (Å²) < 4.78 is 1.13. The predicted molar refractivity (Wildman–Crippen MR) is 89.4 cm³/mol. The summed E-state index contributed by atoms with van der Waals surface area (Å²) >= 11 is 3.65. The number of aryl methyl sites for hydroxylation is 4. The third kappa shape index (κ3) is 3.04. The van der Waals surface area contributed by atoms with Gasteiger partial charge in [0.1, 0.15) is 0 Å². The van der Waals surface area contributed by atoms with Crippen molar-refractivity contribution in [2.24, 2.45) is 0 Å². The van der Waals surface area contributed by atoms with Crippen molar-refractivity contribution < 1.29 is 0 Å². The number of nitrogens with zero attached hydrogens (tertiary/aromatic N) is 1. The number of hydrogen-bond acceptors (Lipinski definition) is 2. The molecule has 1 unspecified atom stereocenters. The van der Waals surface area contributed by atoms with Crippen molar-refractivity contribution in [3.05, 3.63) is 56.8 Å². The zero-order valence-electron chi connectivity index (χ0n) is 12.7. The summed E-state index contributed by atoms with van der Waals surface area (Å²) in [6.45, 7) is 10.6. The number of halogens is 1. The number of nitrogens with one attached hydrogen (secondary N) is 1. The molecule has 2 aromatic rings.